The van der Waals surface area contributed by atoms with Crippen LogP contribution in [-0.2, 0) is 9.59 Å². The van der Waals surface area contributed by atoms with E-state index < -0.39 is 5.54 Å². The number of nitrogens with zero attached hydrogens (tertiary/aromatic N) is 1. The zero-order valence-corrected chi connectivity index (χ0v) is 13.5. The Morgan fingerprint density at radius 3 is 2.67 bits per heavy atom. The minimum atomic E-state index is -0.834. The van der Waals surface area contributed by atoms with Crippen LogP contribution in [0, 0.1) is 0 Å². The Morgan fingerprint density at radius 1 is 1.12 bits per heavy atom. The first-order valence-electron chi connectivity index (χ1n) is 8.29. The van der Waals surface area contributed by atoms with Crippen molar-refractivity contribution in [2.75, 3.05) is 11.9 Å². The molecule has 0 bridgehead atoms. The predicted molar refractivity (Wildman–Crippen MR) is 93.4 cm³/mol. The summed E-state index contributed by atoms with van der Waals surface area (Å²) >= 11 is 0. The number of amides is 2. The summed E-state index contributed by atoms with van der Waals surface area (Å²) in [5.74, 6) is -0.533. The molecule has 0 atom stereocenters. The molecule has 1 saturated carbocycles. The van der Waals surface area contributed by atoms with Gasteiger partial charge in [-0.15, -0.1) is 0 Å². The zero-order valence-electron chi connectivity index (χ0n) is 13.5. The van der Waals surface area contributed by atoms with Crippen LogP contribution in [0.5, 0.6) is 0 Å². The van der Waals surface area contributed by atoms with Crippen molar-refractivity contribution >= 4 is 28.4 Å². The number of hydrogen-bond donors (Lipinski definition) is 3. The second kappa shape index (κ2) is 6.97. The predicted octanol–water partition coefficient (Wildman–Crippen LogP) is 1.95. The van der Waals surface area contributed by atoms with Gasteiger partial charge in [-0.2, -0.15) is 0 Å². The summed E-state index contributed by atoms with van der Waals surface area (Å²) < 4.78 is 0. The molecule has 3 rings (SSSR count). The van der Waals surface area contributed by atoms with Crippen LogP contribution in [0.4, 0.5) is 5.69 Å². The first-order chi connectivity index (χ1) is 11.6. The summed E-state index contributed by atoms with van der Waals surface area (Å²) in [6.07, 6.45) is 6.05. The first kappa shape index (κ1) is 16.4. The van der Waals surface area contributed by atoms with Crippen LogP contribution < -0.4 is 16.4 Å². The van der Waals surface area contributed by atoms with Gasteiger partial charge in [0.1, 0.15) is 0 Å². The van der Waals surface area contributed by atoms with Gasteiger partial charge in [-0.05, 0) is 25.0 Å². The Morgan fingerprint density at radius 2 is 1.88 bits per heavy atom. The molecule has 6 nitrogen and oxygen atoms in total. The van der Waals surface area contributed by atoms with Crippen molar-refractivity contribution in [3.63, 3.8) is 0 Å². The van der Waals surface area contributed by atoms with E-state index in [1.54, 1.807) is 12.3 Å². The number of carbonyl (C=O) groups is 2. The van der Waals surface area contributed by atoms with Crippen LogP contribution >= 0.6 is 0 Å². The maximum atomic E-state index is 12.3. The number of anilines is 1. The number of aromatic nitrogens is 1. The summed E-state index contributed by atoms with van der Waals surface area (Å²) in [7, 11) is 0. The van der Waals surface area contributed by atoms with Gasteiger partial charge in [0.25, 0.3) is 0 Å². The minimum Gasteiger partial charge on any atom is -0.345 e. The molecule has 24 heavy (non-hydrogen) atoms. The zero-order chi connectivity index (χ0) is 17.0. The second-order valence-electron chi connectivity index (χ2n) is 6.33. The third-order valence-electron chi connectivity index (χ3n) is 4.51. The van der Waals surface area contributed by atoms with E-state index in [9.17, 15) is 9.59 Å². The van der Waals surface area contributed by atoms with Gasteiger partial charge in [0.2, 0.25) is 11.8 Å². The number of nitrogens with one attached hydrogen (secondary N) is 2. The first-order valence-corrected chi connectivity index (χ1v) is 8.29. The molecule has 1 fully saturated rings. The lowest BCUT2D eigenvalue weighted by atomic mass is 9.82. The van der Waals surface area contributed by atoms with E-state index in [1.807, 2.05) is 24.3 Å². The summed E-state index contributed by atoms with van der Waals surface area (Å²) in [6, 6.07) is 9.36. The highest BCUT2D eigenvalue weighted by molar-refractivity contribution is 6.02. The van der Waals surface area contributed by atoms with Gasteiger partial charge in [-0.3, -0.25) is 14.6 Å². The summed E-state index contributed by atoms with van der Waals surface area (Å²) in [5, 5.41) is 6.41. The second-order valence-corrected chi connectivity index (χ2v) is 6.33. The van der Waals surface area contributed by atoms with Crippen LogP contribution in [0.15, 0.2) is 36.5 Å². The normalized spacial score (nSPS) is 16.5. The van der Waals surface area contributed by atoms with Gasteiger partial charge in [-0.25, -0.2) is 0 Å². The molecular weight excluding hydrogens is 304 g/mol. The molecule has 126 valence electrons. The number of para-hydroxylation sites is 1. The Hall–Kier alpha value is -2.47. The van der Waals surface area contributed by atoms with Gasteiger partial charge in [0.05, 0.1) is 23.3 Å². The molecule has 1 aliphatic rings. The minimum absolute atomic E-state index is 0.0962. The number of fused-ring (bicyclic) bond motifs is 1. The van der Waals surface area contributed by atoms with Crippen LogP contribution in [0.25, 0.3) is 10.9 Å². The molecule has 4 N–H and O–H groups in total. The van der Waals surface area contributed by atoms with Crippen LogP contribution in [-0.4, -0.2) is 28.9 Å². The molecule has 0 spiro atoms. The van der Waals surface area contributed by atoms with Gasteiger partial charge in [0, 0.05) is 11.6 Å². The molecule has 2 amide bonds. The van der Waals surface area contributed by atoms with Crippen molar-refractivity contribution in [3.05, 3.63) is 36.5 Å². The number of hydrogen-bond acceptors (Lipinski definition) is 4. The molecule has 1 aromatic carbocycles. The third-order valence-corrected chi connectivity index (χ3v) is 4.51. The summed E-state index contributed by atoms with van der Waals surface area (Å²) in [6.45, 7) is -0.0962. The molecule has 0 radical (unpaired) electrons. The molecule has 2 aromatic rings. The Bertz CT molecular complexity index is 748. The van der Waals surface area contributed by atoms with Crippen molar-refractivity contribution in [1.82, 2.24) is 10.3 Å². The van der Waals surface area contributed by atoms with Gasteiger partial charge in [-0.1, -0.05) is 37.5 Å². The van der Waals surface area contributed by atoms with E-state index in [0.717, 1.165) is 30.2 Å². The Balaban J connectivity index is 1.60. The lowest BCUT2D eigenvalue weighted by Gasteiger charge is -2.31. The maximum absolute atomic E-state index is 12.3. The van der Waals surface area contributed by atoms with Crippen molar-refractivity contribution < 1.29 is 9.59 Å². The number of rotatable bonds is 4. The Kier molecular flexibility index (Phi) is 4.76. The number of nitrogens with two attached hydrogens (primary N) is 1. The van der Waals surface area contributed by atoms with E-state index in [-0.39, 0.29) is 18.4 Å². The molecule has 6 heteroatoms. The smallest absolute Gasteiger partial charge is 0.243 e. The highest BCUT2D eigenvalue weighted by Crippen LogP contribution is 2.26. The molecular formula is C18H22N4O2. The quantitative estimate of drug-likeness (QED) is 0.800. The van der Waals surface area contributed by atoms with E-state index in [1.165, 1.54) is 0 Å². The van der Waals surface area contributed by atoms with Crippen molar-refractivity contribution in [1.29, 1.82) is 0 Å². The molecule has 0 unspecified atom stereocenters. The standard InChI is InChI=1S/C18H22N4O2/c19-18(9-2-1-3-10-18)17(24)21-12-15(23)22-14-8-4-6-13-7-5-11-20-16(13)14/h4-8,11H,1-3,9-10,12,19H2,(H,21,24)(H,22,23). The molecule has 0 saturated heterocycles. The van der Waals surface area contributed by atoms with E-state index in [0.29, 0.717) is 18.5 Å². The number of benzene rings is 1. The molecule has 1 heterocycles. The van der Waals surface area contributed by atoms with E-state index >= 15 is 0 Å². The van der Waals surface area contributed by atoms with Crippen molar-refractivity contribution in [2.45, 2.75) is 37.6 Å². The molecule has 1 aliphatic carbocycles. The van der Waals surface area contributed by atoms with Crippen LogP contribution in [0.2, 0.25) is 0 Å². The summed E-state index contributed by atoms with van der Waals surface area (Å²) in [5.41, 5.74) is 6.68. The lowest BCUT2D eigenvalue weighted by Crippen LogP contribution is -2.56. The third kappa shape index (κ3) is 3.54. The largest absolute Gasteiger partial charge is 0.345 e. The van der Waals surface area contributed by atoms with Gasteiger partial charge >= 0.3 is 0 Å². The number of carbonyl (C=O) groups excluding carboxylic acids is 2. The van der Waals surface area contributed by atoms with Gasteiger partial charge in [0.15, 0.2) is 0 Å². The molecule has 0 aliphatic heterocycles. The fourth-order valence-electron chi connectivity index (χ4n) is 3.15. The fourth-order valence-corrected chi connectivity index (χ4v) is 3.15. The summed E-state index contributed by atoms with van der Waals surface area (Å²) in [4.78, 5) is 28.7. The Labute approximate surface area is 140 Å². The highest BCUT2D eigenvalue weighted by atomic mass is 16.2. The van der Waals surface area contributed by atoms with E-state index in [2.05, 4.69) is 15.6 Å². The van der Waals surface area contributed by atoms with Crippen LogP contribution in [0.1, 0.15) is 32.1 Å². The fraction of sp³-hybridized carbons (Fsp3) is 0.389. The average Bonchev–Trinajstić information content (AvgIpc) is 2.60. The average molecular weight is 326 g/mol. The van der Waals surface area contributed by atoms with E-state index in [4.69, 9.17) is 5.73 Å². The highest BCUT2D eigenvalue weighted by Gasteiger charge is 2.35. The van der Waals surface area contributed by atoms with Crippen molar-refractivity contribution in [3.8, 4) is 0 Å². The van der Waals surface area contributed by atoms with Gasteiger partial charge < -0.3 is 16.4 Å². The topological polar surface area (TPSA) is 97.1 Å². The number of pyridine rings is 1. The SMILES string of the molecule is NC1(C(=O)NCC(=O)Nc2cccc3cccnc23)CCCCC1. The maximum Gasteiger partial charge on any atom is 0.243 e. The van der Waals surface area contributed by atoms with Crippen LogP contribution in [0.3, 0.4) is 0 Å². The van der Waals surface area contributed by atoms with Crippen molar-refractivity contribution in [2.24, 2.45) is 5.73 Å². The lowest BCUT2D eigenvalue weighted by molar-refractivity contribution is -0.129. The molecule has 1 aromatic heterocycles. The monoisotopic (exact) mass is 326 g/mol.